The van der Waals surface area contributed by atoms with Crippen molar-refractivity contribution in [3.05, 3.63) is 77.0 Å². The molecule has 0 heterocycles. The molecule has 0 saturated carbocycles. The molecule has 23 heavy (non-hydrogen) atoms. The quantitative estimate of drug-likeness (QED) is 0.485. The lowest BCUT2D eigenvalue weighted by atomic mass is 9.93. The van der Waals surface area contributed by atoms with Gasteiger partial charge < -0.3 is 0 Å². The van der Waals surface area contributed by atoms with Crippen LogP contribution in [0, 0.1) is 0 Å². The van der Waals surface area contributed by atoms with Crippen LogP contribution >= 0.6 is 0 Å². The Balaban J connectivity index is 1.95. The summed E-state index contributed by atoms with van der Waals surface area (Å²) in [5, 5.41) is 4.33. The highest BCUT2D eigenvalue weighted by molar-refractivity contribution is 6.83. The molecule has 0 nitrogen and oxygen atoms in total. The van der Waals surface area contributed by atoms with Gasteiger partial charge in [-0.2, -0.15) is 0 Å². The topological polar surface area (TPSA) is 0 Å². The van der Waals surface area contributed by atoms with E-state index in [0.29, 0.717) is 0 Å². The molecule has 3 aromatic rings. The third-order valence-corrected chi connectivity index (χ3v) is 7.19. The monoisotopic (exact) mass is 314 g/mol. The van der Waals surface area contributed by atoms with Gasteiger partial charge in [-0.15, -0.1) is 0 Å². The van der Waals surface area contributed by atoms with E-state index in [9.17, 15) is 0 Å². The normalized spacial score (nSPS) is 14.0. The summed E-state index contributed by atoms with van der Waals surface area (Å²) in [5.74, 6) is 0. The van der Waals surface area contributed by atoms with E-state index in [1.807, 2.05) is 0 Å². The molecule has 114 valence electrons. The van der Waals surface area contributed by atoms with Crippen LogP contribution in [-0.2, 0) is 6.42 Å². The molecule has 0 saturated heterocycles. The largest absolute Gasteiger partial charge is 0.0761 e. The van der Waals surface area contributed by atoms with Crippen LogP contribution in [0.3, 0.4) is 0 Å². The van der Waals surface area contributed by atoms with Gasteiger partial charge in [0.25, 0.3) is 0 Å². The Morgan fingerprint density at radius 1 is 0.739 bits per heavy atom. The fourth-order valence-corrected chi connectivity index (χ4v) is 4.84. The lowest BCUT2D eigenvalue weighted by Crippen LogP contribution is -2.23. The van der Waals surface area contributed by atoms with E-state index in [1.54, 1.807) is 5.20 Å². The summed E-state index contributed by atoms with van der Waals surface area (Å²) in [6, 6.07) is 22.1. The van der Waals surface area contributed by atoms with E-state index in [2.05, 4.69) is 86.4 Å². The van der Waals surface area contributed by atoms with E-state index in [0.717, 1.165) is 6.42 Å². The third kappa shape index (κ3) is 2.45. The minimum atomic E-state index is -1.24. The van der Waals surface area contributed by atoms with Gasteiger partial charge in [0.1, 0.15) is 0 Å². The van der Waals surface area contributed by atoms with Crippen LogP contribution in [0.1, 0.15) is 11.1 Å². The summed E-state index contributed by atoms with van der Waals surface area (Å²) in [5.41, 5.74) is 5.68. The van der Waals surface area contributed by atoms with E-state index in [1.165, 1.54) is 33.0 Å². The maximum Gasteiger partial charge on any atom is 0.0729 e. The Hall–Kier alpha value is -2.12. The molecule has 0 unspecified atom stereocenters. The number of rotatable bonds is 2. The summed E-state index contributed by atoms with van der Waals surface area (Å²) in [6.07, 6.45) is 3.63. The number of hydrogen-bond acceptors (Lipinski definition) is 0. The average molecular weight is 315 g/mol. The van der Waals surface area contributed by atoms with Crippen molar-refractivity contribution in [3.63, 3.8) is 0 Å². The highest BCUT2D eigenvalue weighted by Crippen LogP contribution is 2.39. The summed E-state index contributed by atoms with van der Waals surface area (Å²) in [6.45, 7) is 7.34. The maximum absolute atomic E-state index is 2.48. The minimum absolute atomic E-state index is 1.14. The second kappa shape index (κ2) is 5.21. The Morgan fingerprint density at radius 2 is 1.43 bits per heavy atom. The Morgan fingerprint density at radius 3 is 2.26 bits per heavy atom. The Labute approximate surface area is 139 Å². The Bertz CT molecular complexity index is 921. The molecule has 3 aromatic carbocycles. The van der Waals surface area contributed by atoms with E-state index in [-0.39, 0.29) is 0 Å². The van der Waals surface area contributed by atoms with Crippen molar-refractivity contribution in [1.29, 1.82) is 0 Å². The van der Waals surface area contributed by atoms with Crippen LogP contribution in [0.25, 0.3) is 28.0 Å². The number of benzene rings is 3. The smallest absolute Gasteiger partial charge is 0.0729 e. The second-order valence-corrected chi connectivity index (χ2v) is 12.6. The van der Waals surface area contributed by atoms with Gasteiger partial charge in [-0.25, -0.2) is 0 Å². The van der Waals surface area contributed by atoms with Crippen LogP contribution in [0.2, 0.25) is 19.6 Å². The van der Waals surface area contributed by atoms with Crippen molar-refractivity contribution >= 4 is 24.9 Å². The molecule has 1 heteroatoms. The predicted octanol–water partition coefficient (Wildman–Crippen LogP) is 6.32. The molecule has 0 spiro atoms. The molecule has 0 atom stereocenters. The minimum Gasteiger partial charge on any atom is -0.0761 e. The Kier molecular flexibility index (Phi) is 3.28. The summed E-state index contributed by atoms with van der Waals surface area (Å²) < 4.78 is 0. The van der Waals surface area contributed by atoms with Gasteiger partial charge in [0.15, 0.2) is 0 Å². The first-order valence-electron chi connectivity index (χ1n) is 8.35. The fraction of sp³-hybridized carbons (Fsp3) is 0.182. The molecule has 0 N–H and O–H groups in total. The number of fused-ring (bicyclic) bond motifs is 2. The lowest BCUT2D eigenvalue weighted by molar-refractivity contribution is 1.26. The van der Waals surface area contributed by atoms with Gasteiger partial charge in [-0.05, 0) is 39.4 Å². The van der Waals surface area contributed by atoms with Crippen LogP contribution in [-0.4, -0.2) is 8.07 Å². The van der Waals surface area contributed by atoms with Crippen LogP contribution < -0.4 is 0 Å². The van der Waals surface area contributed by atoms with E-state index < -0.39 is 8.07 Å². The van der Waals surface area contributed by atoms with Crippen molar-refractivity contribution in [1.82, 2.24) is 0 Å². The molecule has 0 bridgehead atoms. The molecular weight excluding hydrogens is 292 g/mol. The second-order valence-electron chi connectivity index (χ2n) is 7.50. The lowest BCUT2D eigenvalue weighted by Gasteiger charge is -2.17. The fourth-order valence-electron chi connectivity index (χ4n) is 3.54. The van der Waals surface area contributed by atoms with Crippen molar-refractivity contribution < 1.29 is 0 Å². The van der Waals surface area contributed by atoms with Gasteiger partial charge in [0.05, 0.1) is 8.07 Å². The van der Waals surface area contributed by atoms with Crippen molar-refractivity contribution in [2.24, 2.45) is 0 Å². The molecular formula is C22H22Si. The summed E-state index contributed by atoms with van der Waals surface area (Å²) in [4.78, 5) is 0. The predicted molar refractivity (Wildman–Crippen MR) is 104 cm³/mol. The molecule has 0 amide bonds. The average Bonchev–Trinajstić information content (AvgIpc) is 2.99. The van der Waals surface area contributed by atoms with Gasteiger partial charge in [-0.1, -0.05) is 91.6 Å². The van der Waals surface area contributed by atoms with Crippen LogP contribution in [0.5, 0.6) is 0 Å². The third-order valence-electron chi connectivity index (χ3n) is 4.94. The standard InChI is InChI=1S/C22H22Si/c1-23(2,3)18-14-17-10-7-13-21(22(17)15-18)20-12-6-9-16-8-4-5-11-19(16)20/h4-13,15H,14H2,1-3H3. The highest BCUT2D eigenvalue weighted by Gasteiger charge is 2.26. The highest BCUT2D eigenvalue weighted by atomic mass is 28.3. The first-order valence-corrected chi connectivity index (χ1v) is 11.8. The van der Waals surface area contributed by atoms with Crippen LogP contribution in [0.4, 0.5) is 0 Å². The summed E-state index contributed by atoms with van der Waals surface area (Å²) in [7, 11) is -1.24. The zero-order valence-electron chi connectivity index (χ0n) is 14.1. The van der Waals surface area contributed by atoms with Gasteiger partial charge in [0.2, 0.25) is 0 Å². The van der Waals surface area contributed by atoms with Gasteiger partial charge >= 0.3 is 0 Å². The molecule has 1 aliphatic rings. The molecule has 0 fully saturated rings. The maximum atomic E-state index is 2.48. The first kappa shape index (κ1) is 14.5. The molecule has 0 radical (unpaired) electrons. The SMILES string of the molecule is C[Si](C)(C)C1=Cc2c(cccc2-c2cccc3ccccc23)C1. The van der Waals surface area contributed by atoms with E-state index >= 15 is 0 Å². The van der Waals surface area contributed by atoms with Gasteiger partial charge in [0, 0.05) is 0 Å². The first-order chi connectivity index (χ1) is 11.0. The zero-order valence-corrected chi connectivity index (χ0v) is 15.1. The van der Waals surface area contributed by atoms with Crippen LogP contribution in [0.15, 0.2) is 65.9 Å². The van der Waals surface area contributed by atoms with E-state index in [4.69, 9.17) is 0 Å². The number of hydrogen-bond donors (Lipinski definition) is 0. The molecule has 4 rings (SSSR count). The van der Waals surface area contributed by atoms with Crippen molar-refractivity contribution in [2.75, 3.05) is 0 Å². The zero-order chi connectivity index (χ0) is 16.0. The van der Waals surface area contributed by atoms with Gasteiger partial charge in [-0.3, -0.25) is 0 Å². The molecule has 0 aromatic heterocycles. The van der Waals surface area contributed by atoms with Crippen molar-refractivity contribution in [2.45, 2.75) is 26.1 Å². The molecule has 0 aliphatic heterocycles. The van der Waals surface area contributed by atoms with Crippen molar-refractivity contribution in [3.8, 4) is 11.1 Å². The summed E-state index contributed by atoms with van der Waals surface area (Å²) >= 11 is 0. The number of allylic oxidation sites excluding steroid dienone is 1. The molecule has 1 aliphatic carbocycles.